The molecule has 0 saturated carbocycles. The second kappa shape index (κ2) is 6.50. The second-order valence-corrected chi connectivity index (χ2v) is 6.49. The molecular formula is C18H18ClN5. The molecule has 24 heavy (non-hydrogen) atoms. The van der Waals surface area contributed by atoms with E-state index in [0.717, 1.165) is 22.5 Å². The van der Waals surface area contributed by atoms with Crippen LogP contribution in [0.1, 0.15) is 23.1 Å². The van der Waals surface area contributed by atoms with Crippen molar-refractivity contribution in [3.05, 3.63) is 52.8 Å². The Balaban J connectivity index is 2.01. The van der Waals surface area contributed by atoms with E-state index in [-0.39, 0.29) is 12.0 Å². The summed E-state index contributed by atoms with van der Waals surface area (Å²) < 4.78 is 0. The molecule has 0 bridgehead atoms. The van der Waals surface area contributed by atoms with Crippen LogP contribution in [0.5, 0.6) is 0 Å². The first kappa shape index (κ1) is 16.3. The lowest BCUT2D eigenvalue weighted by Crippen LogP contribution is -2.22. The van der Waals surface area contributed by atoms with E-state index in [1.54, 1.807) is 18.7 Å². The maximum atomic E-state index is 9.71. The SMILES string of the molecule is CN(C)/C=N/c1cncc(C2C(C#N)c3ccc(Cl)cc3N2C)c1. The smallest absolute Gasteiger partial charge is 0.0978 e. The lowest BCUT2D eigenvalue weighted by atomic mass is 9.92. The van der Waals surface area contributed by atoms with Gasteiger partial charge in [0.1, 0.15) is 0 Å². The number of pyridine rings is 1. The van der Waals surface area contributed by atoms with Crippen molar-refractivity contribution in [1.82, 2.24) is 9.88 Å². The van der Waals surface area contributed by atoms with Gasteiger partial charge in [-0.15, -0.1) is 0 Å². The highest BCUT2D eigenvalue weighted by Crippen LogP contribution is 2.48. The summed E-state index contributed by atoms with van der Waals surface area (Å²) in [6.07, 6.45) is 5.24. The van der Waals surface area contributed by atoms with Gasteiger partial charge in [0.05, 0.1) is 36.3 Å². The lowest BCUT2D eigenvalue weighted by molar-refractivity contribution is 0.643. The van der Waals surface area contributed by atoms with E-state index in [2.05, 4.69) is 20.9 Å². The number of hydrogen-bond donors (Lipinski definition) is 0. The summed E-state index contributed by atoms with van der Waals surface area (Å²) in [5.41, 5.74) is 3.71. The molecule has 2 aromatic rings. The van der Waals surface area contributed by atoms with Gasteiger partial charge in [0.2, 0.25) is 0 Å². The minimum Gasteiger partial charge on any atom is -0.369 e. The van der Waals surface area contributed by atoms with Crippen molar-refractivity contribution in [2.24, 2.45) is 4.99 Å². The Labute approximate surface area is 146 Å². The Morgan fingerprint density at radius 1 is 1.33 bits per heavy atom. The number of hydrogen-bond acceptors (Lipinski definition) is 4. The monoisotopic (exact) mass is 339 g/mol. The zero-order valence-electron chi connectivity index (χ0n) is 13.8. The Morgan fingerprint density at radius 2 is 2.12 bits per heavy atom. The van der Waals surface area contributed by atoms with E-state index in [0.29, 0.717) is 5.02 Å². The van der Waals surface area contributed by atoms with E-state index in [1.807, 2.05) is 50.3 Å². The molecule has 2 unspecified atom stereocenters. The van der Waals surface area contributed by atoms with Crippen LogP contribution in [0.4, 0.5) is 11.4 Å². The number of anilines is 1. The summed E-state index contributed by atoms with van der Waals surface area (Å²) in [7, 11) is 5.81. The summed E-state index contributed by atoms with van der Waals surface area (Å²) in [6.45, 7) is 0. The molecule has 3 rings (SSSR count). The van der Waals surface area contributed by atoms with Crippen LogP contribution in [0.25, 0.3) is 0 Å². The average molecular weight is 340 g/mol. The van der Waals surface area contributed by atoms with Crippen LogP contribution in [-0.2, 0) is 0 Å². The molecule has 0 N–H and O–H groups in total. The van der Waals surface area contributed by atoms with Gasteiger partial charge in [0.15, 0.2) is 0 Å². The predicted molar refractivity (Wildman–Crippen MR) is 97.0 cm³/mol. The number of rotatable bonds is 3. The Bertz CT molecular complexity index is 824. The summed E-state index contributed by atoms with van der Waals surface area (Å²) in [6, 6.07) is 9.97. The molecular weight excluding hydrogens is 322 g/mol. The van der Waals surface area contributed by atoms with Gasteiger partial charge in [-0.3, -0.25) is 4.98 Å². The molecule has 0 fully saturated rings. The highest BCUT2D eigenvalue weighted by molar-refractivity contribution is 6.30. The predicted octanol–water partition coefficient (Wildman–Crippen LogP) is 3.75. The summed E-state index contributed by atoms with van der Waals surface area (Å²) in [4.78, 5) is 12.6. The highest BCUT2D eigenvalue weighted by atomic mass is 35.5. The average Bonchev–Trinajstić information content (AvgIpc) is 2.85. The number of aromatic nitrogens is 1. The standard InChI is InChI=1S/C18H18ClN5/c1-23(2)11-22-14-6-12(9-21-10-14)18-16(8-20)15-5-4-13(19)7-17(15)24(18)3/h4-7,9-11,16,18H,1-3H3/b22-11+. The Morgan fingerprint density at radius 3 is 2.83 bits per heavy atom. The van der Waals surface area contributed by atoms with Crippen LogP contribution >= 0.6 is 11.6 Å². The quantitative estimate of drug-likeness (QED) is 0.631. The molecule has 0 saturated heterocycles. The van der Waals surface area contributed by atoms with Crippen LogP contribution in [0.3, 0.4) is 0 Å². The summed E-state index contributed by atoms with van der Waals surface area (Å²) in [5, 5.41) is 10.4. The molecule has 122 valence electrons. The zero-order valence-corrected chi connectivity index (χ0v) is 14.6. The maximum absolute atomic E-state index is 9.71. The fourth-order valence-corrected chi connectivity index (χ4v) is 3.21. The fourth-order valence-electron chi connectivity index (χ4n) is 3.04. The van der Waals surface area contributed by atoms with Gasteiger partial charge in [-0.1, -0.05) is 17.7 Å². The van der Waals surface area contributed by atoms with Gasteiger partial charge in [-0.05, 0) is 29.3 Å². The number of likely N-dealkylation sites (N-methyl/N-ethyl adjacent to an activating group) is 1. The largest absolute Gasteiger partial charge is 0.369 e. The van der Waals surface area contributed by atoms with E-state index in [1.165, 1.54) is 0 Å². The molecule has 6 heteroatoms. The topological polar surface area (TPSA) is 55.5 Å². The first-order valence-corrected chi connectivity index (χ1v) is 7.96. The number of nitriles is 1. The van der Waals surface area contributed by atoms with E-state index < -0.39 is 0 Å². The van der Waals surface area contributed by atoms with Crippen molar-refractivity contribution in [2.75, 3.05) is 26.0 Å². The van der Waals surface area contributed by atoms with E-state index >= 15 is 0 Å². The van der Waals surface area contributed by atoms with Gasteiger partial charge in [-0.25, -0.2) is 4.99 Å². The van der Waals surface area contributed by atoms with Gasteiger partial charge < -0.3 is 9.80 Å². The minimum absolute atomic E-state index is 0.106. The second-order valence-electron chi connectivity index (χ2n) is 6.05. The molecule has 1 aromatic heterocycles. The van der Waals surface area contributed by atoms with E-state index in [9.17, 15) is 5.26 Å². The molecule has 1 aliphatic heterocycles. The summed E-state index contributed by atoms with van der Waals surface area (Å²) >= 11 is 6.12. The maximum Gasteiger partial charge on any atom is 0.0978 e. The Hall–Kier alpha value is -2.58. The van der Waals surface area contributed by atoms with Crippen molar-refractivity contribution in [1.29, 1.82) is 5.26 Å². The normalized spacial score (nSPS) is 19.4. The van der Waals surface area contributed by atoms with Crippen LogP contribution in [0.2, 0.25) is 5.02 Å². The molecule has 0 amide bonds. The van der Waals surface area contributed by atoms with Crippen LogP contribution in [0.15, 0.2) is 41.7 Å². The zero-order chi connectivity index (χ0) is 17.3. The number of fused-ring (bicyclic) bond motifs is 1. The van der Waals surface area contributed by atoms with Crippen LogP contribution in [0, 0.1) is 11.3 Å². The number of halogens is 1. The third-order valence-electron chi connectivity index (χ3n) is 4.10. The number of aliphatic imine (C=N–C) groups is 1. The molecule has 5 nitrogen and oxygen atoms in total. The molecule has 2 heterocycles. The molecule has 1 aliphatic rings. The van der Waals surface area contributed by atoms with Crippen molar-refractivity contribution in [3.63, 3.8) is 0 Å². The number of benzene rings is 1. The molecule has 0 aliphatic carbocycles. The Kier molecular flexibility index (Phi) is 4.41. The van der Waals surface area contributed by atoms with Gasteiger partial charge >= 0.3 is 0 Å². The van der Waals surface area contributed by atoms with Gasteiger partial charge in [0, 0.05) is 38.0 Å². The first-order valence-electron chi connectivity index (χ1n) is 7.58. The van der Waals surface area contributed by atoms with Crippen LogP contribution in [-0.4, -0.2) is 37.4 Å². The van der Waals surface area contributed by atoms with Gasteiger partial charge in [0.25, 0.3) is 0 Å². The van der Waals surface area contributed by atoms with Crippen LogP contribution < -0.4 is 4.90 Å². The van der Waals surface area contributed by atoms with Crippen molar-refractivity contribution >= 4 is 29.3 Å². The van der Waals surface area contributed by atoms with E-state index in [4.69, 9.17) is 11.6 Å². The summed E-state index contributed by atoms with van der Waals surface area (Å²) in [5.74, 6) is -0.267. The lowest BCUT2D eigenvalue weighted by Gasteiger charge is -2.24. The van der Waals surface area contributed by atoms with Gasteiger partial charge in [-0.2, -0.15) is 5.26 Å². The molecule has 1 aromatic carbocycles. The first-order chi connectivity index (χ1) is 11.5. The third-order valence-corrected chi connectivity index (χ3v) is 4.34. The molecule has 0 radical (unpaired) electrons. The molecule has 2 atom stereocenters. The van der Waals surface area contributed by atoms with Crippen molar-refractivity contribution in [3.8, 4) is 6.07 Å². The third kappa shape index (κ3) is 2.93. The highest BCUT2D eigenvalue weighted by Gasteiger charge is 2.38. The number of nitrogens with zero attached hydrogens (tertiary/aromatic N) is 5. The fraction of sp³-hybridized carbons (Fsp3) is 0.278. The minimum atomic E-state index is -0.267. The van der Waals surface area contributed by atoms with Crippen molar-refractivity contribution < 1.29 is 0 Å². The molecule has 0 spiro atoms. The van der Waals surface area contributed by atoms with Crippen molar-refractivity contribution in [2.45, 2.75) is 12.0 Å².